The number of rotatable bonds is 2. The maximum atomic E-state index is 12.7. The van der Waals surface area contributed by atoms with E-state index in [1.807, 2.05) is 24.3 Å². The lowest BCUT2D eigenvalue weighted by Crippen LogP contribution is -2.24. The van der Waals surface area contributed by atoms with Crippen LogP contribution in [0.4, 0.5) is 5.69 Å². The molecule has 5 nitrogen and oxygen atoms in total. The van der Waals surface area contributed by atoms with Crippen LogP contribution in [-0.2, 0) is 24.1 Å². The van der Waals surface area contributed by atoms with Gasteiger partial charge in [0, 0.05) is 10.6 Å². The molecule has 5 rings (SSSR count). The van der Waals surface area contributed by atoms with Crippen molar-refractivity contribution in [3.63, 3.8) is 0 Å². The number of carbonyl (C=O) groups is 1. The van der Waals surface area contributed by atoms with Crippen molar-refractivity contribution in [2.75, 3.05) is 5.32 Å². The average Bonchev–Trinajstić information content (AvgIpc) is 2.96. The number of aromatic nitrogens is 2. The normalized spacial score (nSPS) is 19.3. The number of anilines is 1. The number of thiophene rings is 1. The highest BCUT2D eigenvalue weighted by atomic mass is 32.2. The molecule has 1 atom stereocenters. The first-order valence-corrected chi connectivity index (χ1v) is 11.0. The molecule has 1 aliphatic heterocycles. The molecule has 3 heterocycles. The van der Waals surface area contributed by atoms with E-state index in [4.69, 9.17) is 4.98 Å². The Balaban J connectivity index is 1.45. The van der Waals surface area contributed by atoms with Gasteiger partial charge in [0.2, 0.25) is 5.91 Å². The molecule has 27 heavy (non-hydrogen) atoms. The quantitative estimate of drug-likeness (QED) is 0.643. The van der Waals surface area contributed by atoms with Crippen LogP contribution in [0.3, 0.4) is 0 Å². The molecule has 0 fully saturated rings. The van der Waals surface area contributed by atoms with Crippen LogP contribution in [0, 0.1) is 0 Å². The maximum absolute atomic E-state index is 12.7. The molecule has 2 aromatic heterocycles. The third-order valence-electron chi connectivity index (χ3n) is 5.30. The first-order chi connectivity index (χ1) is 13.2. The van der Waals surface area contributed by atoms with Crippen LogP contribution >= 0.6 is 23.1 Å². The molecule has 0 saturated carbocycles. The largest absolute Gasteiger partial charge is 0.325 e. The molecule has 0 radical (unpaired) electrons. The first-order valence-electron chi connectivity index (χ1n) is 9.29. The molecule has 3 aromatic rings. The number of nitrogens with one attached hydrogen (secondary N) is 2. The van der Waals surface area contributed by atoms with Crippen LogP contribution in [0.1, 0.15) is 35.3 Å². The van der Waals surface area contributed by atoms with Gasteiger partial charge in [0.25, 0.3) is 5.56 Å². The number of carbonyl (C=O) groups excluding carboxylic acids is 1. The second-order valence-electron chi connectivity index (χ2n) is 7.05. The number of thioether (sulfide) groups is 1. The number of H-pyrrole nitrogens is 1. The maximum Gasteiger partial charge on any atom is 0.260 e. The summed E-state index contributed by atoms with van der Waals surface area (Å²) in [5, 5.41) is 4.04. The van der Waals surface area contributed by atoms with Crippen LogP contribution in [0.5, 0.6) is 0 Å². The second-order valence-corrected chi connectivity index (χ2v) is 9.33. The second kappa shape index (κ2) is 6.80. The monoisotopic (exact) mass is 397 g/mol. The van der Waals surface area contributed by atoms with Gasteiger partial charge in [-0.3, -0.25) is 9.59 Å². The Morgan fingerprint density at radius 2 is 1.96 bits per heavy atom. The number of fused-ring (bicyclic) bond motifs is 4. The first kappa shape index (κ1) is 17.0. The van der Waals surface area contributed by atoms with E-state index in [2.05, 4.69) is 10.3 Å². The minimum absolute atomic E-state index is 0.0295. The van der Waals surface area contributed by atoms with Gasteiger partial charge >= 0.3 is 0 Å². The zero-order valence-electron chi connectivity index (χ0n) is 14.7. The Morgan fingerprint density at radius 1 is 1.11 bits per heavy atom. The van der Waals surface area contributed by atoms with E-state index >= 15 is 0 Å². The Hall–Kier alpha value is -2.12. The molecule has 0 unspecified atom stereocenters. The van der Waals surface area contributed by atoms with E-state index in [0.29, 0.717) is 5.16 Å². The zero-order valence-corrected chi connectivity index (χ0v) is 16.3. The Bertz CT molecular complexity index is 1100. The Morgan fingerprint density at radius 3 is 2.89 bits per heavy atom. The van der Waals surface area contributed by atoms with Gasteiger partial charge in [-0.2, -0.15) is 0 Å². The summed E-state index contributed by atoms with van der Waals surface area (Å²) in [4.78, 5) is 35.1. The van der Waals surface area contributed by atoms with Crippen molar-refractivity contribution in [3.05, 3.63) is 50.6 Å². The molecule has 0 saturated heterocycles. The molecular formula is C20H19N3O2S2. The van der Waals surface area contributed by atoms with Gasteiger partial charge in [-0.25, -0.2) is 4.98 Å². The number of aromatic amines is 1. The van der Waals surface area contributed by atoms with Gasteiger partial charge in [0.15, 0.2) is 5.16 Å². The molecule has 1 aliphatic carbocycles. The van der Waals surface area contributed by atoms with Crippen molar-refractivity contribution < 1.29 is 4.79 Å². The minimum Gasteiger partial charge on any atom is -0.325 e. The summed E-state index contributed by atoms with van der Waals surface area (Å²) >= 11 is 3.00. The number of hydrogen-bond donors (Lipinski definition) is 2. The fraction of sp³-hybridized carbons (Fsp3) is 0.350. The van der Waals surface area contributed by atoms with E-state index in [1.54, 1.807) is 11.3 Å². The van der Waals surface area contributed by atoms with E-state index in [9.17, 15) is 9.59 Å². The molecule has 1 amide bonds. The van der Waals surface area contributed by atoms with Crippen molar-refractivity contribution >= 4 is 44.9 Å². The van der Waals surface area contributed by atoms with E-state index in [-0.39, 0.29) is 16.7 Å². The Kier molecular flexibility index (Phi) is 4.28. The van der Waals surface area contributed by atoms with Crippen molar-refractivity contribution in [3.8, 4) is 0 Å². The lowest BCUT2D eigenvalue weighted by molar-refractivity contribution is -0.115. The van der Waals surface area contributed by atoms with Crippen molar-refractivity contribution in [1.82, 2.24) is 9.97 Å². The summed E-state index contributed by atoms with van der Waals surface area (Å²) < 4.78 is 0. The zero-order chi connectivity index (χ0) is 18.4. The number of nitrogens with zero attached hydrogens (tertiary/aromatic N) is 1. The minimum atomic E-state index is -0.271. The number of aryl methyl sites for hydroxylation is 3. The highest BCUT2D eigenvalue weighted by molar-refractivity contribution is 8.00. The lowest BCUT2D eigenvalue weighted by atomic mass is 9.97. The van der Waals surface area contributed by atoms with Crippen LogP contribution in [0.15, 0.2) is 34.2 Å². The number of para-hydroxylation sites is 1. The average molecular weight is 398 g/mol. The standard InChI is InChI=1S/C20H19N3O2S2/c24-17-15(10-9-11-5-1-3-7-13(11)21-17)27-20-22-18(25)16-12-6-2-4-8-14(12)26-19(16)23-20/h1,3,5,7,15H,2,4,6,8-10H2,(H,21,24)(H,22,23,25)/t15-/m0/s1. The lowest BCUT2D eigenvalue weighted by Gasteiger charge is -2.12. The molecule has 2 aliphatic rings. The third kappa shape index (κ3) is 3.08. The van der Waals surface area contributed by atoms with E-state index < -0.39 is 0 Å². The Labute approximate surface area is 164 Å². The molecule has 2 N–H and O–H groups in total. The predicted octanol–water partition coefficient (Wildman–Crippen LogP) is 3.91. The highest BCUT2D eigenvalue weighted by Crippen LogP contribution is 2.35. The van der Waals surface area contributed by atoms with Gasteiger partial charge in [0.1, 0.15) is 4.83 Å². The summed E-state index contributed by atoms with van der Waals surface area (Å²) in [5.41, 5.74) is 3.15. The van der Waals surface area contributed by atoms with E-state index in [1.165, 1.54) is 28.6 Å². The van der Waals surface area contributed by atoms with Crippen molar-refractivity contribution in [1.29, 1.82) is 0 Å². The van der Waals surface area contributed by atoms with Gasteiger partial charge < -0.3 is 10.3 Å². The van der Waals surface area contributed by atoms with Gasteiger partial charge in [0.05, 0.1) is 10.6 Å². The van der Waals surface area contributed by atoms with Crippen LogP contribution < -0.4 is 10.9 Å². The fourth-order valence-corrected chi connectivity index (χ4v) is 6.22. The molecule has 0 bridgehead atoms. The predicted molar refractivity (Wildman–Crippen MR) is 110 cm³/mol. The number of benzene rings is 1. The van der Waals surface area contributed by atoms with Gasteiger partial charge in [-0.15, -0.1) is 11.3 Å². The smallest absolute Gasteiger partial charge is 0.260 e. The molecule has 138 valence electrons. The highest BCUT2D eigenvalue weighted by Gasteiger charge is 2.26. The van der Waals surface area contributed by atoms with Crippen molar-refractivity contribution in [2.24, 2.45) is 0 Å². The molecule has 0 spiro atoms. The SMILES string of the molecule is O=C1Nc2ccccc2CC[C@@H]1Sc1nc2sc3c(c2c(=O)[nH]1)CCCC3. The summed E-state index contributed by atoms with van der Waals surface area (Å²) in [6.07, 6.45) is 5.87. The van der Waals surface area contributed by atoms with E-state index in [0.717, 1.165) is 53.6 Å². The van der Waals surface area contributed by atoms with Gasteiger partial charge in [-0.1, -0.05) is 30.0 Å². The third-order valence-corrected chi connectivity index (χ3v) is 7.64. The van der Waals surface area contributed by atoms with Crippen LogP contribution in [0.25, 0.3) is 10.2 Å². The van der Waals surface area contributed by atoms with Gasteiger partial charge in [-0.05, 0) is 55.7 Å². The molecule has 1 aromatic carbocycles. The van der Waals surface area contributed by atoms with Crippen molar-refractivity contribution in [2.45, 2.75) is 48.9 Å². The summed E-state index contributed by atoms with van der Waals surface area (Å²) in [7, 11) is 0. The topological polar surface area (TPSA) is 74.8 Å². The molecule has 7 heteroatoms. The summed E-state index contributed by atoms with van der Waals surface area (Å²) in [6.45, 7) is 0. The summed E-state index contributed by atoms with van der Waals surface area (Å²) in [6, 6.07) is 7.90. The van der Waals surface area contributed by atoms with Crippen LogP contribution in [0.2, 0.25) is 0 Å². The molecular weight excluding hydrogens is 378 g/mol. The van der Waals surface area contributed by atoms with Crippen LogP contribution in [-0.4, -0.2) is 21.1 Å². The number of hydrogen-bond acceptors (Lipinski definition) is 5. The number of amides is 1. The summed E-state index contributed by atoms with van der Waals surface area (Å²) in [5.74, 6) is -0.0295. The fourth-order valence-electron chi connectivity index (χ4n) is 3.94.